The van der Waals surface area contributed by atoms with Crippen LogP contribution in [-0.2, 0) is 9.59 Å². The third-order valence-corrected chi connectivity index (χ3v) is 2.30. The average Bonchev–Trinajstić information content (AvgIpc) is 2.25. The van der Waals surface area contributed by atoms with Crippen molar-refractivity contribution < 1.29 is 19.8 Å². The molecule has 0 fully saturated rings. The zero-order chi connectivity index (χ0) is 13.1. The Kier molecular flexibility index (Phi) is 9.37. The molecule has 0 aromatic carbocycles. The molecule has 100 valence electrons. The van der Waals surface area contributed by atoms with Crippen molar-refractivity contribution >= 4 is 11.9 Å². The Morgan fingerprint density at radius 1 is 1.18 bits per heavy atom. The Hall–Kier alpha value is -1.14. The van der Waals surface area contributed by atoms with Gasteiger partial charge < -0.3 is 21.3 Å². The summed E-state index contributed by atoms with van der Waals surface area (Å²) in [6.45, 7) is 0.668. The quantitative estimate of drug-likeness (QED) is 0.400. The molecule has 0 rings (SSSR count). The van der Waals surface area contributed by atoms with Gasteiger partial charge in [0.2, 0.25) is 5.91 Å². The van der Waals surface area contributed by atoms with E-state index in [0.717, 1.165) is 25.7 Å². The number of aliphatic hydroxyl groups is 1. The first-order valence-corrected chi connectivity index (χ1v) is 5.93. The molecule has 0 aliphatic carbocycles. The number of amides is 1. The molecule has 0 saturated carbocycles. The van der Waals surface area contributed by atoms with E-state index in [1.54, 1.807) is 0 Å². The highest BCUT2D eigenvalue weighted by molar-refractivity contribution is 5.76. The third kappa shape index (κ3) is 11.1. The lowest BCUT2D eigenvalue weighted by Crippen LogP contribution is -2.33. The number of rotatable bonds is 10. The van der Waals surface area contributed by atoms with Gasteiger partial charge in [0, 0.05) is 13.0 Å². The van der Waals surface area contributed by atoms with Crippen LogP contribution in [-0.4, -0.2) is 41.3 Å². The zero-order valence-corrected chi connectivity index (χ0v) is 10.0. The third-order valence-electron chi connectivity index (χ3n) is 2.30. The van der Waals surface area contributed by atoms with Crippen LogP contribution in [0.5, 0.6) is 0 Å². The molecule has 6 heteroatoms. The first kappa shape index (κ1) is 15.9. The number of hydrogen-bond donors (Lipinski definition) is 4. The Balaban J connectivity index is 3.42. The predicted octanol–water partition coefficient (Wildman–Crippen LogP) is -0.153. The smallest absolute Gasteiger partial charge is 0.306 e. The van der Waals surface area contributed by atoms with Crippen LogP contribution in [0.25, 0.3) is 0 Å². The topological polar surface area (TPSA) is 113 Å². The van der Waals surface area contributed by atoms with E-state index in [1.165, 1.54) is 0 Å². The monoisotopic (exact) mass is 246 g/mol. The van der Waals surface area contributed by atoms with Gasteiger partial charge in [-0.05, 0) is 19.4 Å². The summed E-state index contributed by atoms with van der Waals surface area (Å²) in [5.74, 6) is -1.23. The number of carboxylic acid groups (broad SMARTS) is 1. The molecule has 0 aromatic heterocycles. The second-order valence-electron chi connectivity index (χ2n) is 4.01. The van der Waals surface area contributed by atoms with Gasteiger partial charge in [-0.3, -0.25) is 9.59 Å². The van der Waals surface area contributed by atoms with Crippen LogP contribution in [0.3, 0.4) is 0 Å². The number of hydrogen-bond acceptors (Lipinski definition) is 4. The number of nitrogens with one attached hydrogen (secondary N) is 1. The Morgan fingerprint density at radius 2 is 1.82 bits per heavy atom. The summed E-state index contributed by atoms with van der Waals surface area (Å²) in [5.41, 5.74) is 5.34. The standard InChI is InChI=1S/C11H22N2O4/c12-6-4-2-1-3-5-10(15)13-8-9(14)7-11(16)17/h9,14H,1-8,12H2,(H,13,15)(H,16,17). The second kappa shape index (κ2) is 10.0. The highest BCUT2D eigenvalue weighted by Crippen LogP contribution is 2.02. The highest BCUT2D eigenvalue weighted by atomic mass is 16.4. The van der Waals surface area contributed by atoms with E-state index in [0.29, 0.717) is 13.0 Å². The fourth-order valence-electron chi connectivity index (χ4n) is 1.38. The molecule has 0 radical (unpaired) electrons. The van der Waals surface area contributed by atoms with Crippen molar-refractivity contribution in [1.29, 1.82) is 0 Å². The van der Waals surface area contributed by atoms with Crippen LogP contribution in [0.4, 0.5) is 0 Å². The van der Waals surface area contributed by atoms with Crippen molar-refractivity contribution in [3.63, 3.8) is 0 Å². The lowest BCUT2D eigenvalue weighted by atomic mass is 10.1. The molecule has 0 spiro atoms. The molecule has 0 aliphatic rings. The first-order chi connectivity index (χ1) is 8.06. The van der Waals surface area contributed by atoms with Gasteiger partial charge in [0.05, 0.1) is 12.5 Å². The predicted molar refractivity (Wildman–Crippen MR) is 63.4 cm³/mol. The summed E-state index contributed by atoms with van der Waals surface area (Å²) >= 11 is 0. The molecule has 1 atom stereocenters. The van der Waals surface area contributed by atoms with Crippen molar-refractivity contribution in [2.45, 2.75) is 44.6 Å². The average molecular weight is 246 g/mol. The molecule has 6 nitrogen and oxygen atoms in total. The SMILES string of the molecule is NCCCCCCC(=O)NCC(O)CC(=O)O. The summed E-state index contributed by atoms with van der Waals surface area (Å²) in [4.78, 5) is 21.5. The number of carbonyl (C=O) groups is 2. The maximum atomic E-state index is 11.3. The van der Waals surface area contributed by atoms with Crippen LogP contribution >= 0.6 is 0 Å². The highest BCUT2D eigenvalue weighted by Gasteiger charge is 2.10. The van der Waals surface area contributed by atoms with Gasteiger partial charge in [0.15, 0.2) is 0 Å². The van der Waals surface area contributed by atoms with E-state index in [9.17, 15) is 14.7 Å². The fourth-order valence-corrected chi connectivity index (χ4v) is 1.38. The maximum absolute atomic E-state index is 11.3. The Morgan fingerprint density at radius 3 is 2.41 bits per heavy atom. The molecule has 1 unspecified atom stereocenters. The number of nitrogens with two attached hydrogens (primary N) is 1. The van der Waals surface area contributed by atoms with E-state index < -0.39 is 12.1 Å². The summed E-state index contributed by atoms with van der Waals surface area (Å²) in [7, 11) is 0. The van der Waals surface area contributed by atoms with Crippen LogP contribution in [0, 0.1) is 0 Å². The summed E-state index contributed by atoms with van der Waals surface area (Å²) in [6.07, 6.45) is 2.78. The molecule has 1 amide bonds. The second-order valence-corrected chi connectivity index (χ2v) is 4.01. The van der Waals surface area contributed by atoms with Gasteiger partial charge >= 0.3 is 5.97 Å². The Bertz CT molecular complexity index is 234. The largest absolute Gasteiger partial charge is 0.481 e. The Labute approximate surface area is 101 Å². The van der Waals surface area contributed by atoms with Crippen LogP contribution in [0.2, 0.25) is 0 Å². The number of aliphatic carboxylic acids is 1. The minimum Gasteiger partial charge on any atom is -0.481 e. The lowest BCUT2D eigenvalue weighted by molar-refractivity contribution is -0.139. The summed E-state index contributed by atoms with van der Waals surface area (Å²) < 4.78 is 0. The molecule has 0 saturated heterocycles. The van der Waals surface area contributed by atoms with Crippen molar-refractivity contribution in [2.24, 2.45) is 5.73 Å². The van der Waals surface area contributed by atoms with Crippen molar-refractivity contribution in [3.05, 3.63) is 0 Å². The normalized spacial score (nSPS) is 12.1. The molecule has 17 heavy (non-hydrogen) atoms. The van der Waals surface area contributed by atoms with Gasteiger partial charge in [-0.2, -0.15) is 0 Å². The van der Waals surface area contributed by atoms with Crippen molar-refractivity contribution in [3.8, 4) is 0 Å². The maximum Gasteiger partial charge on any atom is 0.306 e. The van der Waals surface area contributed by atoms with E-state index in [-0.39, 0.29) is 18.9 Å². The number of carbonyl (C=O) groups excluding carboxylic acids is 1. The molecule has 0 bridgehead atoms. The van der Waals surface area contributed by atoms with Crippen molar-refractivity contribution in [2.75, 3.05) is 13.1 Å². The molecular formula is C11H22N2O4. The van der Waals surface area contributed by atoms with Crippen molar-refractivity contribution in [1.82, 2.24) is 5.32 Å². The number of unbranched alkanes of at least 4 members (excludes halogenated alkanes) is 3. The molecule has 0 aliphatic heterocycles. The van der Waals surface area contributed by atoms with Gasteiger partial charge in [-0.1, -0.05) is 12.8 Å². The number of carboxylic acids is 1. The van der Waals surface area contributed by atoms with Gasteiger partial charge in [0.1, 0.15) is 0 Å². The fraction of sp³-hybridized carbons (Fsp3) is 0.818. The zero-order valence-electron chi connectivity index (χ0n) is 10.0. The lowest BCUT2D eigenvalue weighted by Gasteiger charge is -2.09. The van der Waals surface area contributed by atoms with Gasteiger partial charge in [-0.25, -0.2) is 0 Å². The van der Waals surface area contributed by atoms with Crippen LogP contribution in [0.15, 0.2) is 0 Å². The van der Waals surface area contributed by atoms with Crippen LogP contribution < -0.4 is 11.1 Å². The molecular weight excluding hydrogens is 224 g/mol. The van der Waals surface area contributed by atoms with E-state index in [2.05, 4.69) is 5.32 Å². The first-order valence-electron chi connectivity index (χ1n) is 5.93. The summed E-state index contributed by atoms with van der Waals surface area (Å²) in [6, 6.07) is 0. The van der Waals surface area contributed by atoms with Crippen LogP contribution in [0.1, 0.15) is 38.5 Å². The van der Waals surface area contributed by atoms with E-state index in [1.807, 2.05) is 0 Å². The number of aliphatic hydroxyl groups excluding tert-OH is 1. The van der Waals surface area contributed by atoms with Gasteiger partial charge in [0.25, 0.3) is 0 Å². The summed E-state index contributed by atoms with van der Waals surface area (Å²) in [5, 5.41) is 20.1. The molecule has 5 N–H and O–H groups in total. The van der Waals surface area contributed by atoms with Gasteiger partial charge in [-0.15, -0.1) is 0 Å². The minimum atomic E-state index is -1.08. The van der Waals surface area contributed by atoms with E-state index in [4.69, 9.17) is 10.8 Å². The molecule has 0 aromatic rings. The minimum absolute atomic E-state index is 0.00602. The van der Waals surface area contributed by atoms with E-state index >= 15 is 0 Å². The molecule has 0 heterocycles.